The smallest absolute Gasteiger partial charge is 0.245 e. The molecule has 4 heteroatoms. The number of benzene rings is 1. The van der Waals surface area contributed by atoms with E-state index in [0.29, 0.717) is 38.2 Å². The van der Waals surface area contributed by atoms with Crippen LogP contribution in [-0.2, 0) is 11.3 Å². The van der Waals surface area contributed by atoms with Gasteiger partial charge in [0.05, 0.1) is 0 Å². The Morgan fingerprint density at radius 1 is 1.22 bits per heavy atom. The summed E-state index contributed by atoms with van der Waals surface area (Å²) in [6.07, 6.45) is -0.942. The van der Waals surface area contributed by atoms with Gasteiger partial charge in [-0.25, -0.2) is 8.78 Å². The number of hydrogen-bond acceptors (Lipinski definition) is 2. The van der Waals surface area contributed by atoms with Crippen LogP contribution in [0.4, 0.5) is 8.78 Å². The van der Waals surface area contributed by atoms with E-state index in [2.05, 4.69) is 0 Å². The fraction of sp³-hybridized carbons (Fsp3) is 0.571. The Kier molecular flexibility index (Phi) is 4.66. The number of rotatable bonds is 4. The number of nitrogens with two attached hydrogens (primary N) is 1. The molecule has 0 bridgehead atoms. The topological polar surface area (TPSA) is 35.2 Å². The number of halogens is 2. The second kappa shape index (κ2) is 6.25. The van der Waals surface area contributed by atoms with Crippen molar-refractivity contribution in [3.05, 3.63) is 35.4 Å². The molecule has 1 aromatic carbocycles. The van der Waals surface area contributed by atoms with E-state index in [9.17, 15) is 8.78 Å². The standard InChI is InChI=1S/C14H19F2NO/c15-14(16)13(10-5-7-18-8-6-10)12-4-2-1-3-11(12)9-17/h1-4,10,13-14H,5-9,17H2. The Labute approximate surface area is 106 Å². The fourth-order valence-corrected chi connectivity index (χ4v) is 2.72. The van der Waals surface area contributed by atoms with Gasteiger partial charge in [0, 0.05) is 25.7 Å². The van der Waals surface area contributed by atoms with Crippen molar-refractivity contribution in [3.8, 4) is 0 Å². The first kappa shape index (κ1) is 13.4. The summed E-state index contributed by atoms with van der Waals surface area (Å²) in [7, 11) is 0. The second-order valence-electron chi connectivity index (χ2n) is 4.71. The lowest BCUT2D eigenvalue weighted by molar-refractivity contribution is 0.0184. The summed E-state index contributed by atoms with van der Waals surface area (Å²) in [6, 6.07) is 7.28. The summed E-state index contributed by atoms with van der Waals surface area (Å²) in [4.78, 5) is 0. The Bertz CT molecular complexity index is 378. The second-order valence-corrected chi connectivity index (χ2v) is 4.71. The zero-order valence-corrected chi connectivity index (χ0v) is 10.3. The first-order chi connectivity index (χ1) is 8.74. The van der Waals surface area contributed by atoms with Crippen LogP contribution >= 0.6 is 0 Å². The molecule has 100 valence electrons. The van der Waals surface area contributed by atoms with Gasteiger partial charge in [0.2, 0.25) is 6.43 Å². The van der Waals surface area contributed by atoms with Crippen LogP contribution in [0.1, 0.15) is 29.9 Å². The van der Waals surface area contributed by atoms with Crippen molar-refractivity contribution in [3.63, 3.8) is 0 Å². The lowest BCUT2D eigenvalue weighted by Crippen LogP contribution is -2.27. The molecule has 1 aromatic rings. The van der Waals surface area contributed by atoms with Crippen molar-refractivity contribution in [2.24, 2.45) is 11.7 Å². The van der Waals surface area contributed by atoms with E-state index in [1.165, 1.54) is 0 Å². The van der Waals surface area contributed by atoms with Gasteiger partial charge in [-0.15, -0.1) is 0 Å². The van der Waals surface area contributed by atoms with E-state index in [1.807, 2.05) is 18.2 Å². The number of ether oxygens (including phenoxy) is 1. The van der Waals surface area contributed by atoms with Crippen LogP contribution in [-0.4, -0.2) is 19.6 Å². The average molecular weight is 255 g/mol. The predicted molar refractivity (Wildman–Crippen MR) is 66.6 cm³/mol. The molecule has 2 nitrogen and oxygen atoms in total. The van der Waals surface area contributed by atoms with Crippen LogP contribution in [0.2, 0.25) is 0 Å². The van der Waals surface area contributed by atoms with Crippen molar-refractivity contribution in [1.82, 2.24) is 0 Å². The molecular weight excluding hydrogens is 236 g/mol. The predicted octanol–water partition coefficient (Wildman–Crippen LogP) is 2.92. The fourth-order valence-electron chi connectivity index (χ4n) is 2.72. The van der Waals surface area contributed by atoms with Gasteiger partial charge in [-0.2, -0.15) is 0 Å². The quantitative estimate of drug-likeness (QED) is 0.897. The van der Waals surface area contributed by atoms with Crippen molar-refractivity contribution in [2.75, 3.05) is 13.2 Å². The molecule has 0 aromatic heterocycles. The minimum atomic E-state index is -2.35. The Morgan fingerprint density at radius 2 is 1.89 bits per heavy atom. The molecule has 1 heterocycles. The van der Waals surface area contributed by atoms with Crippen molar-refractivity contribution in [2.45, 2.75) is 31.7 Å². The number of hydrogen-bond donors (Lipinski definition) is 1. The van der Waals surface area contributed by atoms with Crippen LogP contribution in [0, 0.1) is 5.92 Å². The van der Waals surface area contributed by atoms with Gasteiger partial charge in [0.25, 0.3) is 0 Å². The summed E-state index contributed by atoms with van der Waals surface area (Å²) < 4.78 is 32.1. The molecule has 2 rings (SSSR count). The molecule has 18 heavy (non-hydrogen) atoms. The van der Waals surface area contributed by atoms with Crippen LogP contribution in [0.5, 0.6) is 0 Å². The van der Waals surface area contributed by atoms with E-state index in [0.717, 1.165) is 5.56 Å². The third-order valence-corrected chi connectivity index (χ3v) is 3.68. The van der Waals surface area contributed by atoms with Crippen molar-refractivity contribution >= 4 is 0 Å². The molecule has 0 amide bonds. The molecule has 0 radical (unpaired) electrons. The SMILES string of the molecule is NCc1ccccc1C(C(F)F)C1CCOCC1. The van der Waals surface area contributed by atoms with Crippen LogP contribution in [0.15, 0.2) is 24.3 Å². The van der Waals surface area contributed by atoms with E-state index in [1.54, 1.807) is 6.07 Å². The molecule has 1 saturated heterocycles. The van der Waals surface area contributed by atoms with Gasteiger partial charge in [-0.3, -0.25) is 0 Å². The molecule has 2 N–H and O–H groups in total. The molecule has 1 aliphatic heterocycles. The highest BCUT2D eigenvalue weighted by atomic mass is 19.3. The minimum Gasteiger partial charge on any atom is -0.381 e. The highest BCUT2D eigenvalue weighted by molar-refractivity contribution is 5.31. The van der Waals surface area contributed by atoms with E-state index in [4.69, 9.17) is 10.5 Å². The molecule has 1 fully saturated rings. The first-order valence-corrected chi connectivity index (χ1v) is 6.37. The first-order valence-electron chi connectivity index (χ1n) is 6.37. The van der Waals surface area contributed by atoms with Crippen LogP contribution in [0.3, 0.4) is 0 Å². The summed E-state index contributed by atoms with van der Waals surface area (Å²) in [5.74, 6) is -0.722. The summed E-state index contributed by atoms with van der Waals surface area (Å²) in [5, 5.41) is 0. The normalized spacial score (nSPS) is 19.1. The van der Waals surface area contributed by atoms with E-state index < -0.39 is 12.3 Å². The minimum absolute atomic E-state index is 0.00792. The zero-order chi connectivity index (χ0) is 13.0. The summed E-state index contributed by atoms with van der Waals surface area (Å²) >= 11 is 0. The third-order valence-electron chi connectivity index (χ3n) is 3.68. The highest BCUT2D eigenvalue weighted by Crippen LogP contribution is 2.38. The maximum Gasteiger partial charge on any atom is 0.245 e. The molecule has 1 atom stereocenters. The Balaban J connectivity index is 2.28. The maximum absolute atomic E-state index is 13.4. The van der Waals surface area contributed by atoms with Gasteiger partial charge >= 0.3 is 0 Å². The maximum atomic E-state index is 13.4. The van der Waals surface area contributed by atoms with Gasteiger partial charge < -0.3 is 10.5 Å². The molecule has 0 aliphatic carbocycles. The van der Waals surface area contributed by atoms with E-state index >= 15 is 0 Å². The third kappa shape index (κ3) is 2.87. The molecular formula is C14H19F2NO. The molecule has 0 spiro atoms. The number of alkyl halides is 2. The molecule has 1 aliphatic rings. The van der Waals surface area contributed by atoms with Gasteiger partial charge in [0.15, 0.2) is 0 Å². The molecule has 1 unspecified atom stereocenters. The molecule has 0 saturated carbocycles. The summed E-state index contributed by atoms with van der Waals surface area (Å²) in [6.45, 7) is 1.47. The van der Waals surface area contributed by atoms with Crippen molar-refractivity contribution in [1.29, 1.82) is 0 Å². The van der Waals surface area contributed by atoms with Crippen LogP contribution in [0.25, 0.3) is 0 Å². The summed E-state index contributed by atoms with van der Waals surface area (Å²) in [5.41, 5.74) is 7.19. The van der Waals surface area contributed by atoms with Crippen LogP contribution < -0.4 is 5.73 Å². The van der Waals surface area contributed by atoms with Gasteiger partial charge in [-0.05, 0) is 29.9 Å². The van der Waals surface area contributed by atoms with Gasteiger partial charge in [0.1, 0.15) is 0 Å². The average Bonchev–Trinajstić information content (AvgIpc) is 2.40. The lowest BCUT2D eigenvalue weighted by Gasteiger charge is -2.31. The zero-order valence-electron chi connectivity index (χ0n) is 10.3. The van der Waals surface area contributed by atoms with E-state index in [-0.39, 0.29) is 5.92 Å². The Hall–Kier alpha value is -1.00. The monoisotopic (exact) mass is 255 g/mol. The lowest BCUT2D eigenvalue weighted by atomic mass is 9.80. The van der Waals surface area contributed by atoms with Gasteiger partial charge in [-0.1, -0.05) is 24.3 Å². The largest absolute Gasteiger partial charge is 0.381 e. The van der Waals surface area contributed by atoms with Crippen molar-refractivity contribution < 1.29 is 13.5 Å². The Morgan fingerprint density at radius 3 is 2.50 bits per heavy atom. The highest BCUT2D eigenvalue weighted by Gasteiger charge is 2.33.